The normalized spacial score (nSPS) is 12.0. The Morgan fingerprint density at radius 3 is 1.83 bits per heavy atom. The summed E-state index contributed by atoms with van der Waals surface area (Å²) in [6.07, 6.45) is -6.81. The molecular weight excluding hydrogens is 612 g/mol. The molecule has 0 atom stereocenters. The van der Waals surface area contributed by atoms with Gasteiger partial charge in [0.25, 0.3) is 0 Å². The Morgan fingerprint density at radius 1 is 0.553 bits per heavy atom. The van der Waals surface area contributed by atoms with Gasteiger partial charge in [-0.15, -0.1) is 0 Å². The lowest BCUT2D eigenvalue weighted by molar-refractivity contribution is -0.143. The summed E-state index contributed by atoms with van der Waals surface area (Å²) in [7, 11) is 0. The summed E-state index contributed by atoms with van der Waals surface area (Å²) in [5, 5.41) is 11.6. The van der Waals surface area contributed by atoms with Crippen LogP contribution in [-0.4, -0.2) is 9.55 Å². The van der Waals surface area contributed by atoms with E-state index < -0.39 is 23.5 Å². The summed E-state index contributed by atoms with van der Waals surface area (Å²) >= 11 is 0. The van der Waals surface area contributed by atoms with Crippen molar-refractivity contribution in [3.8, 4) is 45.1 Å². The average Bonchev–Trinajstić information content (AvgIpc) is 3.42. The molecule has 0 aliphatic rings. The van der Waals surface area contributed by atoms with Crippen molar-refractivity contribution in [1.29, 1.82) is 5.26 Å². The molecule has 7 rings (SSSR count). The van der Waals surface area contributed by atoms with Gasteiger partial charge >= 0.3 is 12.4 Å². The van der Waals surface area contributed by atoms with Gasteiger partial charge in [-0.2, -0.15) is 31.6 Å². The van der Waals surface area contributed by atoms with Gasteiger partial charge in [-0.1, -0.05) is 66.7 Å². The standard InChI is InChI=1S/C38H21F6N3/c39-37(40,41)27-17-25(18-28(20-27)38(42,43)44)29-10-6-11-31-30-9-4-5-12-34(30)47(36(29)31)35-21-32(24-13-15-46-16-14-24)26(22-45)19-33(35)23-7-2-1-3-8-23/h1-21H. The van der Waals surface area contributed by atoms with Crippen molar-refractivity contribution in [1.82, 2.24) is 9.55 Å². The van der Waals surface area contributed by atoms with E-state index in [4.69, 9.17) is 0 Å². The highest BCUT2D eigenvalue weighted by molar-refractivity contribution is 6.14. The highest BCUT2D eigenvalue weighted by Gasteiger charge is 2.37. The lowest BCUT2D eigenvalue weighted by Gasteiger charge is -2.19. The summed E-state index contributed by atoms with van der Waals surface area (Å²) in [5.74, 6) is 0. The monoisotopic (exact) mass is 633 g/mol. The Kier molecular flexibility index (Phi) is 7.09. The van der Waals surface area contributed by atoms with Gasteiger partial charge in [-0.3, -0.25) is 4.98 Å². The Bertz CT molecular complexity index is 2300. The van der Waals surface area contributed by atoms with Crippen molar-refractivity contribution in [3.63, 3.8) is 0 Å². The zero-order chi connectivity index (χ0) is 32.9. The third-order valence-electron chi connectivity index (χ3n) is 8.17. The second-order valence-electron chi connectivity index (χ2n) is 11.0. The molecule has 0 saturated heterocycles. The number of fused-ring (bicyclic) bond motifs is 3. The molecule has 0 aliphatic heterocycles. The molecular formula is C38H21F6N3. The first kappa shape index (κ1) is 29.8. The van der Waals surface area contributed by atoms with Crippen LogP contribution in [0.4, 0.5) is 26.3 Å². The Balaban J connectivity index is 1.65. The molecule has 3 nitrogen and oxygen atoms in total. The summed E-state index contributed by atoms with van der Waals surface area (Å²) in [6.45, 7) is 0. The molecule has 0 N–H and O–H groups in total. The Hall–Kier alpha value is -5.88. The molecule has 0 fully saturated rings. The van der Waals surface area contributed by atoms with Gasteiger partial charge in [0, 0.05) is 39.9 Å². The third kappa shape index (κ3) is 5.28. The van der Waals surface area contributed by atoms with Crippen LogP contribution in [0.5, 0.6) is 0 Å². The van der Waals surface area contributed by atoms with Crippen LogP contribution in [0, 0.1) is 11.3 Å². The minimum Gasteiger partial charge on any atom is -0.308 e. The number of para-hydroxylation sites is 2. The molecule has 0 bridgehead atoms. The van der Waals surface area contributed by atoms with E-state index >= 15 is 0 Å². The number of hydrogen-bond acceptors (Lipinski definition) is 2. The van der Waals surface area contributed by atoms with Gasteiger partial charge in [0.05, 0.1) is 39.5 Å². The maximum Gasteiger partial charge on any atom is 0.416 e. The van der Waals surface area contributed by atoms with Crippen LogP contribution in [-0.2, 0) is 12.4 Å². The molecule has 0 saturated carbocycles. The second kappa shape index (κ2) is 11.2. The van der Waals surface area contributed by atoms with Gasteiger partial charge < -0.3 is 4.57 Å². The number of halogens is 6. The van der Waals surface area contributed by atoms with E-state index in [9.17, 15) is 31.6 Å². The predicted octanol–water partition coefficient (Wildman–Crippen LogP) is 11.1. The summed E-state index contributed by atoms with van der Waals surface area (Å²) in [4.78, 5) is 4.09. The lowest BCUT2D eigenvalue weighted by Crippen LogP contribution is -2.11. The molecule has 2 aromatic heterocycles. The molecule has 0 radical (unpaired) electrons. The van der Waals surface area contributed by atoms with Crippen LogP contribution in [0.25, 0.3) is 60.9 Å². The van der Waals surface area contributed by atoms with E-state index in [0.717, 1.165) is 23.1 Å². The zero-order valence-corrected chi connectivity index (χ0v) is 24.2. The molecule has 230 valence electrons. The smallest absolute Gasteiger partial charge is 0.308 e. The quantitative estimate of drug-likeness (QED) is 0.181. The third-order valence-corrected chi connectivity index (χ3v) is 8.17. The second-order valence-corrected chi connectivity index (χ2v) is 11.0. The average molecular weight is 634 g/mol. The van der Waals surface area contributed by atoms with Crippen LogP contribution in [0.2, 0.25) is 0 Å². The van der Waals surface area contributed by atoms with Crippen LogP contribution in [0.1, 0.15) is 16.7 Å². The van der Waals surface area contributed by atoms with Crippen molar-refractivity contribution in [2.24, 2.45) is 0 Å². The number of nitrogens with zero attached hydrogens (tertiary/aromatic N) is 3. The Morgan fingerprint density at radius 2 is 1.17 bits per heavy atom. The molecule has 9 heteroatoms. The van der Waals surface area contributed by atoms with Crippen LogP contribution >= 0.6 is 0 Å². The summed E-state index contributed by atoms with van der Waals surface area (Å²) in [5.41, 5.74) is 1.95. The van der Waals surface area contributed by atoms with Crippen molar-refractivity contribution in [3.05, 3.63) is 144 Å². The fraction of sp³-hybridized carbons (Fsp3) is 0.0526. The van der Waals surface area contributed by atoms with E-state index in [2.05, 4.69) is 11.1 Å². The highest BCUT2D eigenvalue weighted by atomic mass is 19.4. The first-order valence-corrected chi connectivity index (χ1v) is 14.4. The molecule has 0 aliphatic carbocycles. The van der Waals surface area contributed by atoms with Gasteiger partial charge in [-0.25, -0.2) is 0 Å². The van der Waals surface area contributed by atoms with Gasteiger partial charge in [0.1, 0.15) is 0 Å². The minimum atomic E-state index is -5.01. The molecule has 0 amide bonds. The number of aromatic nitrogens is 2. The summed E-state index contributed by atoms with van der Waals surface area (Å²) < 4.78 is 85.8. The molecule has 2 heterocycles. The van der Waals surface area contributed by atoms with Gasteiger partial charge in [-0.05, 0) is 65.2 Å². The number of pyridine rings is 1. The van der Waals surface area contributed by atoms with E-state index in [1.807, 2.05) is 65.2 Å². The Labute approximate surface area is 264 Å². The highest BCUT2D eigenvalue weighted by Crippen LogP contribution is 2.44. The van der Waals surface area contributed by atoms with Crippen LogP contribution in [0.3, 0.4) is 0 Å². The lowest BCUT2D eigenvalue weighted by atomic mass is 9.93. The van der Waals surface area contributed by atoms with E-state index in [1.165, 1.54) is 6.07 Å². The molecule has 0 spiro atoms. The molecule has 0 unspecified atom stereocenters. The van der Waals surface area contributed by atoms with Crippen molar-refractivity contribution in [2.45, 2.75) is 12.4 Å². The molecule has 5 aromatic carbocycles. The van der Waals surface area contributed by atoms with Crippen LogP contribution < -0.4 is 0 Å². The fourth-order valence-corrected chi connectivity index (χ4v) is 6.10. The number of nitriles is 1. The van der Waals surface area contributed by atoms with E-state index in [0.29, 0.717) is 44.4 Å². The fourth-order valence-electron chi connectivity index (χ4n) is 6.10. The van der Waals surface area contributed by atoms with Crippen LogP contribution in [0.15, 0.2) is 128 Å². The summed E-state index contributed by atoms with van der Waals surface area (Å²) in [6, 6.07) is 32.7. The first-order chi connectivity index (χ1) is 22.5. The van der Waals surface area contributed by atoms with Crippen molar-refractivity contribution >= 4 is 21.8 Å². The van der Waals surface area contributed by atoms with E-state index in [-0.39, 0.29) is 17.2 Å². The minimum absolute atomic E-state index is 0.133. The van der Waals surface area contributed by atoms with E-state index in [1.54, 1.807) is 42.7 Å². The molecule has 7 aromatic rings. The van der Waals surface area contributed by atoms with Crippen molar-refractivity contribution in [2.75, 3.05) is 0 Å². The first-order valence-electron chi connectivity index (χ1n) is 14.4. The number of alkyl halides is 6. The SMILES string of the molecule is N#Cc1cc(-c2ccccc2)c(-n2c3ccccc3c3cccc(-c4cc(C(F)(F)F)cc(C(F)(F)F)c4)c32)cc1-c1ccncc1. The van der Waals surface area contributed by atoms with Crippen molar-refractivity contribution < 1.29 is 26.3 Å². The van der Waals surface area contributed by atoms with Gasteiger partial charge in [0.15, 0.2) is 0 Å². The molecule has 47 heavy (non-hydrogen) atoms. The predicted molar refractivity (Wildman–Crippen MR) is 170 cm³/mol. The number of rotatable bonds is 4. The zero-order valence-electron chi connectivity index (χ0n) is 24.2. The maximum atomic E-state index is 14.0. The maximum absolute atomic E-state index is 14.0. The number of hydrogen-bond donors (Lipinski definition) is 0. The van der Waals surface area contributed by atoms with Gasteiger partial charge in [0.2, 0.25) is 0 Å². The number of benzene rings is 5. The largest absolute Gasteiger partial charge is 0.416 e. The topological polar surface area (TPSA) is 41.6 Å².